The van der Waals surface area contributed by atoms with Gasteiger partial charge in [-0.05, 0) is 50.1 Å². The number of hydrogen-bond acceptors (Lipinski definition) is 4. The van der Waals surface area contributed by atoms with Crippen molar-refractivity contribution in [3.05, 3.63) is 94.5 Å². The minimum Gasteiger partial charge on any atom is -0.355 e. The number of halogens is 2. The molecule has 0 aliphatic rings. The summed E-state index contributed by atoms with van der Waals surface area (Å²) in [6.45, 7) is 3.45. The van der Waals surface area contributed by atoms with Crippen molar-refractivity contribution in [2.24, 2.45) is 0 Å². The van der Waals surface area contributed by atoms with Crippen molar-refractivity contribution in [2.75, 3.05) is 23.9 Å². The highest BCUT2D eigenvalue weighted by molar-refractivity contribution is 7.92. The van der Waals surface area contributed by atoms with Crippen LogP contribution < -0.4 is 9.62 Å². The molecule has 0 saturated carbocycles. The Kier molecular flexibility index (Phi) is 9.97. The molecule has 3 rings (SSSR count). The topological polar surface area (TPSA) is 86.8 Å². The van der Waals surface area contributed by atoms with Gasteiger partial charge in [0, 0.05) is 13.1 Å². The van der Waals surface area contributed by atoms with E-state index in [0.717, 1.165) is 9.87 Å². The molecule has 0 fully saturated rings. The van der Waals surface area contributed by atoms with Crippen molar-refractivity contribution >= 4 is 50.7 Å². The smallest absolute Gasteiger partial charge is 0.264 e. The van der Waals surface area contributed by atoms with Crippen LogP contribution in [0.1, 0.15) is 19.4 Å². The van der Waals surface area contributed by atoms with Crippen LogP contribution in [0.3, 0.4) is 0 Å². The lowest BCUT2D eigenvalue weighted by molar-refractivity contribution is -0.138. The number of rotatable bonds is 11. The molecular formula is C27H29Cl2N3O4S. The zero-order chi connectivity index (χ0) is 27.0. The normalized spacial score (nSPS) is 12.0. The highest BCUT2D eigenvalue weighted by atomic mass is 35.5. The predicted molar refractivity (Wildman–Crippen MR) is 147 cm³/mol. The van der Waals surface area contributed by atoms with Crippen LogP contribution in [0.5, 0.6) is 0 Å². The number of amides is 2. The van der Waals surface area contributed by atoms with E-state index >= 15 is 0 Å². The lowest BCUT2D eigenvalue weighted by atomic mass is 10.1. The third kappa shape index (κ3) is 7.03. The summed E-state index contributed by atoms with van der Waals surface area (Å²) in [6, 6.07) is 21.1. The van der Waals surface area contributed by atoms with Gasteiger partial charge >= 0.3 is 0 Å². The molecule has 196 valence electrons. The van der Waals surface area contributed by atoms with Gasteiger partial charge in [-0.2, -0.15) is 0 Å². The summed E-state index contributed by atoms with van der Waals surface area (Å²) in [6.07, 6.45) is 0.486. The number of carbonyl (C=O) groups excluding carboxylic acids is 2. The van der Waals surface area contributed by atoms with Crippen molar-refractivity contribution in [3.8, 4) is 0 Å². The molecular weight excluding hydrogens is 533 g/mol. The summed E-state index contributed by atoms with van der Waals surface area (Å²) in [4.78, 5) is 27.8. The van der Waals surface area contributed by atoms with E-state index in [9.17, 15) is 18.0 Å². The lowest BCUT2D eigenvalue weighted by Gasteiger charge is -2.32. The van der Waals surface area contributed by atoms with Crippen molar-refractivity contribution in [2.45, 2.75) is 31.2 Å². The van der Waals surface area contributed by atoms with E-state index < -0.39 is 28.5 Å². The van der Waals surface area contributed by atoms with Gasteiger partial charge in [0.05, 0.1) is 20.6 Å². The number of nitrogens with one attached hydrogen (secondary N) is 1. The van der Waals surface area contributed by atoms with E-state index in [0.29, 0.717) is 13.0 Å². The molecule has 0 unspecified atom stereocenters. The molecule has 0 aromatic heterocycles. The van der Waals surface area contributed by atoms with Crippen LogP contribution in [0.15, 0.2) is 83.8 Å². The quantitative estimate of drug-likeness (QED) is 0.364. The van der Waals surface area contributed by atoms with Crippen LogP contribution in [-0.2, 0) is 26.0 Å². The van der Waals surface area contributed by atoms with Gasteiger partial charge in [0.15, 0.2) is 0 Å². The Morgan fingerprint density at radius 3 is 2.16 bits per heavy atom. The van der Waals surface area contributed by atoms with Crippen LogP contribution in [0.25, 0.3) is 0 Å². The van der Waals surface area contributed by atoms with Gasteiger partial charge in [-0.1, -0.05) is 77.8 Å². The summed E-state index contributed by atoms with van der Waals surface area (Å²) < 4.78 is 28.4. The van der Waals surface area contributed by atoms with E-state index in [1.807, 2.05) is 30.3 Å². The van der Waals surface area contributed by atoms with Crippen LogP contribution >= 0.6 is 23.2 Å². The molecule has 1 N–H and O–H groups in total. The first kappa shape index (κ1) is 28.5. The van der Waals surface area contributed by atoms with Crippen LogP contribution in [-0.4, -0.2) is 50.8 Å². The Bertz CT molecular complexity index is 1320. The Morgan fingerprint density at radius 1 is 0.919 bits per heavy atom. The third-order valence-corrected chi connectivity index (χ3v) is 8.40. The Balaban J connectivity index is 2.00. The van der Waals surface area contributed by atoms with Crippen molar-refractivity contribution in [1.82, 2.24) is 10.2 Å². The first-order chi connectivity index (χ1) is 17.7. The van der Waals surface area contributed by atoms with E-state index in [4.69, 9.17) is 23.2 Å². The van der Waals surface area contributed by atoms with E-state index in [1.54, 1.807) is 38.1 Å². The molecule has 0 heterocycles. The lowest BCUT2D eigenvalue weighted by Crippen LogP contribution is -2.52. The number of benzene rings is 3. The van der Waals surface area contributed by atoms with E-state index in [2.05, 4.69) is 5.32 Å². The molecule has 0 radical (unpaired) electrons. The van der Waals surface area contributed by atoms with E-state index in [-0.39, 0.29) is 33.1 Å². The molecule has 0 aliphatic heterocycles. The van der Waals surface area contributed by atoms with Gasteiger partial charge in [0.2, 0.25) is 11.8 Å². The molecule has 0 saturated heterocycles. The van der Waals surface area contributed by atoms with Crippen LogP contribution in [0, 0.1) is 0 Å². The molecule has 1 atom stereocenters. The molecule has 37 heavy (non-hydrogen) atoms. The summed E-state index contributed by atoms with van der Waals surface area (Å²) >= 11 is 12.6. The number of anilines is 1. The summed E-state index contributed by atoms with van der Waals surface area (Å²) in [7, 11) is -4.20. The standard InChI is InChI=1S/C27H29Cl2N3O4S/c1-3-30-27(34)20(2)31(18-17-21-11-6-4-7-12-21)25(33)19-32(24-16-10-15-23(28)26(24)29)37(35,36)22-13-8-5-9-14-22/h4-16,20H,3,17-19H2,1-2H3,(H,30,34)/t20-/m0/s1. The summed E-state index contributed by atoms with van der Waals surface area (Å²) in [5, 5.41) is 2.89. The molecule has 0 bridgehead atoms. The SMILES string of the molecule is CCNC(=O)[C@H](C)N(CCc1ccccc1)C(=O)CN(c1cccc(Cl)c1Cl)S(=O)(=O)c1ccccc1. The third-order valence-electron chi connectivity index (χ3n) is 5.81. The minimum absolute atomic E-state index is 0.00378. The second-order valence-corrected chi connectivity index (χ2v) is 10.9. The Hall–Kier alpha value is -3.07. The van der Waals surface area contributed by atoms with Crippen LogP contribution in [0.4, 0.5) is 5.69 Å². The maximum atomic E-state index is 13.7. The Labute approximate surface area is 228 Å². The molecule has 3 aromatic rings. The largest absolute Gasteiger partial charge is 0.355 e. The number of hydrogen-bond donors (Lipinski definition) is 1. The first-order valence-electron chi connectivity index (χ1n) is 11.8. The summed E-state index contributed by atoms with van der Waals surface area (Å²) in [5.41, 5.74) is 1.05. The second-order valence-electron chi connectivity index (χ2n) is 8.29. The Morgan fingerprint density at radius 2 is 1.54 bits per heavy atom. The summed E-state index contributed by atoms with van der Waals surface area (Å²) in [5.74, 6) is -0.882. The van der Waals surface area contributed by atoms with Gasteiger partial charge in [-0.15, -0.1) is 0 Å². The van der Waals surface area contributed by atoms with Crippen molar-refractivity contribution in [3.63, 3.8) is 0 Å². The van der Waals surface area contributed by atoms with Gasteiger partial charge in [0.1, 0.15) is 12.6 Å². The number of likely N-dealkylation sites (N-methyl/N-ethyl adjacent to an activating group) is 1. The average Bonchev–Trinajstić information content (AvgIpc) is 2.90. The second kappa shape index (κ2) is 12.9. The monoisotopic (exact) mass is 561 g/mol. The van der Waals surface area contributed by atoms with Crippen LogP contribution in [0.2, 0.25) is 10.0 Å². The van der Waals surface area contributed by atoms with Gasteiger partial charge in [0.25, 0.3) is 10.0 Å². The number of sulfonamides is 1. The molecule has 3 aromatic carbocycles. The molecule has 0 spiro atoms. The zero-order valence-electron chi connectivity index (χ0n) is 20.6. The zero-order valence-corrected chi connectivity index (χ0v) is 22.9. The highest BCUT2D eigenvalue weighted by Gasteiger charge is 2.33. The van der Waals surface area contributed by atoms with Crippen molar-refractivity contribution < 1.29 is 18.0 Å². The molecule has 0 aliphatic carbocycles. The number of carbonyl (C=O) groups is 2. The van der Waals surface area contributed by atoms with Crippen molar-refractivity contribution in [1.29, 1.82) is 0 Å². The van der Waals surface area contributed by atoms with E-state index in [1.165, 1.54) is 29.2 Å². The fourth-order valence-electron chi connectivity index (χ4n) is 3.81. The predicted octanol–water partition coefficient (Wildman–Crippen LogP) is 4.78. The van der Waals surface area contributed by atoms with Gasteiger partial charge < -0.3 is 10.2 Å². The average molecular weight is 563 g/mol. The van der Waals surface area contributed by atoms with Gasteiger partial charge in [-0.25, -0.2) is 8.42 Å². The molecule has 2 amide bonds. The fourth-order valence-corrected chi connectivity index (χ4v) is 5.70. The highest BCUT2D eigenvalue weighted by Crippen LogP contribution is 2.35. The fraction of sp³-hybridized carbons (Fsp3) is 0.259. The molecule has 7 nitrogen and oxygen atoms in total. The number of nitrogens with zero attached hydrogens (tertiary/aromatic N) is 2. The first-order valence-corrected chi connectivity index (χ1v) is 14.0. The van der Waals surface area contributed by atoms with Gasteiger partial charge in [-0.3, -0.25) is 13.9 Å². The maximum absolute atomic E-state index is 13.7. The maximum Gasteiger partial charge on any atom is 0.264 e. The molecule has 10 heteroatoms. The minimum atomic E-state index is -4.20.